The van der Waals surface area contributed by atoms with Gasteiger partial charge in [-0.15, -0.1) is 6.58 Å². The number of carbonyl (C=O) groups is 1. The van der Waals surface area contributed by atoms with Crippen molar-refractivity contribution in [3.8, 4) is 0 Å². The van der Waals surface area contributed by atoms with E-state index in [-0.39, 0.29) is 5.41 Å². The zero-order chi connectivity index (χ0) is 10.9. The van der Waals surface area contributed by atoms with Crippen LogP contribution in [0, 0.1) is 11.3 Å². The molecule has 0 radical (unpaired) electrons. The molecule has 0 bridgehead atoms. The molecule has 0 saturated heterocycles. The Labute approximate surface area is 92.3 Å². The summed E-state index contributed by atoms with van der Waals surface area (Å²) in [6.45, 7) is 6.01. The SMILES string of the molecule is C=CC[C@@]12CC=C(C)C[C@@H]1CCCC2=O. The summed E-state index contributed by atoms with van der Waals surface area (Å²) in [5, 5.41) is 0. The first-order chi connectivity index (χ1) is 7.19. The van der Waals surface area contributed by atoms with Crippen molar-refractivity contribution in [1.29, 1.82) is 0 Å². The summed E-state index contributed by atoms with van der Waals surface area (Å²) in [4.78, 5) is 12.2. The Morgan fingerprint density at radius 1 is 1.67 bits per heavy atom. The first-order valence-corrected chi connectivity index (χ1v) is 5.99. The summed E-state index contributed by atoms with van der Waals surface area (Å²) in [6, 6.07) is 0. The molecule has 2 aliphatic rings. The standard InChI is InChI=1S/C14H20O/c1-3-8-14-9-7-11(2)10-12(14)5-4-6-13(14)15/h3,7,12H,1,4-6,8-10H2,2H3/t12-,14+/m0/s1. The first-order valence-electron chi connectivity index (χ1n) is 5.99. The Kier molecular flexibility index (Phi) is 2.81. The van der Waals surface area contributed by atoms with Crippen molar-refractivity contribution in [2.45, 2.75) is 45.4 Å². The van der Waals surface area contributed by atoms with Gasteiger partial charge in [0.15, 0.2) is 0 Å². The molecule has 2 aliphatic carbocycles. The fourth-order valence-corrected chi connectivity index (χ4v) is 3.29. The van der Waals surface area contributed by atoms with Gasteiger partial charge in [-0.05, 0) is 44.9 Å². The van der Waals surface area contributed by atoms with Gasteiger partial charge in [-0.1, -0.05) is 17.7 Å². The van der Waals surface area contributed by atoms with E-state index in [9.17, 15) is 4.79 Å². The largest absolute Gasteiger partial charge is 0.299 e. The van der Waals surface area contributed by atoms with Crippen LogP contribution in [0.5, 0.6) is 0 Å². The second kappa shape index (κ2) is 3.96. The zero-order valence-corrected chi connectivity index (χ0v) is 9.59. The molecule has 0 aliphatic heterocycles. The van der Waals surface area contributed by atoms with Crippen molar-refractivity contribution in [2.75, 3.05) is 0 Å². The molecule has 0 unspecified atom stereocenters. The molecule has 0 aromatic heterocycles. The van der Waals surface area contributed by atoms with Gasteiger partial charge in [0.1, 0.15) is 5.78 Å². The quantitative estimate of drug-likeness (QED) is 0.627. The van der Waals surface area contributed by atoms with Crippen molar-refractivity contribution < 1.29 is 4.79 Å². The first kappa shape index (κ1) is 10.7. The Balaban J connectivity index is 2.32. The molecule has 1 saturated carbocycles. The number of carbonyl (C=O) groups excluding carboxylic acids is 1. The second-order valence-electron chi connectivity index (χ2n) is 5.12. The molecule has 15 heavy (non-hydrogen) atoms. The molecule has 1 fully saturated rings. The molecule has 0 aromatic rings. The van der Waals surface area contributed by atoms with Crippen LogP contribution < -0.4 is 0 Å². The summed E-state index contributed by atoms with van der Waals surface area (Å²) in [6.07, 6.45) is 10.3. The van der Waals surface area contributed by atoms with Crippen LogP contribution in [-0.2, 0) is 4.79 Å². The average molecular weight is 204 g/mol. The molecule has 2 rings (SSSR count). The van der Waals surface area contributed by atoms with Crippen LogP contribution in [0.1, 0.15) is 45.4 Å². The van der Waals surface area contributed by atoms with Gasteiger partial charge in [0.25, 0.3) is 0 Å². The number of hydrogen-bond donors (Lipinski definition) is 0. The lowest BCUT2D eigenvalue weighted by atomic mass is 9.58. The van der Waals surface area contributed by atoms with E-state index in [2.05, 4.69) is 19.6 Å². The molecule has 0 heterocycles. The van der Waals surface area contributed by atoms with Crippen molar-refractivity contribution in [2.24, 2.45) is 11.3 Å². The minimum atomic E-state index is -0.0699. The van der Waals surface area contributed by atoms with E-state index in [1.54, 1.807) is 0 Å². The third-order valence-corrected chi connectivity index (χ3v) is 4.18. The van der Waals surface area contributed by atoms with Crippen LogP contribution in [0.15, 0.2) is 24.3 Å². The van der Waals surface area contributed by atoms with E-state index in [1.165, 1.54) is 12.0 Å². The van der Waals surface area contributed by atoms with Gasteiger partial charge in [0, 0.05) is 11.8 Å². The molecule has 2 atom stereocenters. The molecule has 0 amide bonds. The predicted molar refractivity (Wildman–Crippen MR) is 62.6 cm³/mol. The second-order valence-corrected chi connectivity index (χ2v) is 5.12. The predicted octanol–water partition coefficient (Wildman–Crippen LogP) is 3.66. The number of allylic oxidation sites excluding steroid dienone is 3. The molecular weight excluding hydrogens is 184 g/mol. The monoisotopic (exact) mass is 204 g/mol. The molecule has 82 valence electrons. The average Bonchev–Trinajstić information content (AvgIpc) is 2.21. The highest BCUT2D eigenvalue weighted by molar-refractivity contribution is 5.86. The molecule has 1 heteroatoms. The summed E-state index contributed by atoms with van der Waals surface area (Å²) in [5.41, 5.74) is 1.40. The van der Waals surface area contributed by atoms with Crippen molar-refractivity contribution in [1.82, 2.24) is 0 Å². The molecule has 1 nitrogen and oxygen atoms in total. The van der Waals surface area contributed by atoms with Crippen LogP contribution in [0.3, 0.4) is 0 Å². The lowest BCUT2D eigenvalue weighted by molar-refractivity contribution is -0.135. The van der Waals surface area contributed by atoms with Crippen LogP contribution in [-0.4, -0.2) is 5.78 Å². The fourth-order valence-electron chi connectivity index (χ4n) is 3.29. The fraction of sp³-hybridized carbons (Fsp3) is 0.643. The van der Waals surface area contributed by atoms with Gasteiger partial charge in [-0.25, -0.2) is 0 Å². The molecule has 0 spiro atoms. The van der Waals surface area contributed by atoms with Crippen molar-refractivity contribution in [3.63, 3.8) is 0 Å². The van der Waals surface area contributed by atoms with Gasteiger partial charge >= 0.3 is 0 Å². The summed E-state index contributed by atoms with van der Waals surface area (Å²) in [5.74, 6) is 1.07. The summed E-state index contributed by atoms with van der Waals surface area (Å²) >= 11 is 0. The summed E-state index contributed by atoms with van der Waals surface area (Å²) < 4.78 is 0. The van der Waals surface area contributed by atoms with Gasteiger partial charge in [-0.2, -0.15) is 0 Å². The number of hydrogen-bond acceptors (Lipinski definition) is 1. The minimum absolute atomic E-state index is 0.0699. The Hall–Kier alpha value is -0.850. The van der Waals surface area contributed by atoms with Gasteiger partial charge in [0.2, 0.25) is 0 Å². The smallest absolute Gasteiger partial charge is 0.139 e. The van der Waals surface area contributed by atoms with Crippen LogP contribution in [0.25, 0.3) is 0 Å². The van der Waals surface area contributed by atoms with Gasteiger partial charge in [0.05, 0.1) is 0 Å². The van der Waals surface area contributed by atoms with Crippen LogP contribution in [0.4, 0.5) is 0 Å². The van der Waals surface area contributed by atoms with Gasteiger partial charge < -0.3 is 0 Å². The number of fused-ring (bicyclic) bond motifs is 1. The van der Waals surface area contributed by atoms with Crippen molar-refractivity contribution >= 4 is 5.78 Å². The maximum Gasteiger partial charge on any atom is 0.139 e. The van der Waals surface area contributed by atoms with E-state index in [1.807, 2.05) is 6.08 Å². The van der Waals surface area contributed by atoms with E-state index in [4.69, 9.17) is 0 Å². The van der Waals surface area contributed by atoms with Crippen LogP contribution in [0.2, 0.25) is 0 Å². The number of rotatable bonds is 2. The third-order valence-electron chi connectivity index (χ3n) is 4.18. The number of ketones is 1. The summed E-state index contributed by atoms with van der Waals surface area (Å²) in [7, 11) is 0. The highest BCUT2D eigenvalue weighted by Gasteiger charge is 2.46. The van der Waals surface area contributed by atoms with E-state index in [0.29, 0.717) is 11.7 Å². The Morgan fingerprint density at radius 3 is 3.20 bits per heavy atom. The van der Waals surface area contributed by atoms with Crippen LogP contribution >= 0.6 is 0 Å². The molecule has 0 N–H and O–H groups in total. The third kappa shape index (κ3) is 1.68. The molecular formula is C14H20O. The lowest BCUT2D eigenvalue weighted by Crippen LogP contribution is -2.43. The maximum atomic E-state index is 12.2. The normalized spacial score (nSPS) is 35.7. The highest BCUT2D eigenvalue weighted by Crippen LogP contribution is 2.50. The van der Waals surface area contributed by atoms with Crippen molar-refractivity contribution in [3.05, 3.63) is 24.3 Å². The lowest BCUT2D eigenvalue weighted by Gasteiger charge is -2.44. The van der Waals surface area contributed by atoms with E-state index < -0.39 is 0 Å². The Morgan fingerprint density at radius 2 is 2.47 bits per heavy atom. The van der Waals surface area contributed by atoms with E-state index >= 15 is 0 Å². The van der Waals surface area contributed by atoms with Gasteiger partial charge in [-0.3, -0.25) is 4.79 Å². The Bertz CT molecular complexity index is 313. The highest BCUT2D eigenvalue weighted by atomic mass is 16.1. The molecule has 0 aromatic carbocycles. The zero-order valence-electron chi connectivity index (χ0n) is 9.59. The van der Waals surface area contributed by atoms with E-state index in [0.717, 1.165) is 32.1 Å². The number of Topliss-reactive ketones (excluding diaryl/α,β-unsaturated/α-hetero) is 1. The topological polar surface area (TPSA) is 17.1 Å². The maximum absolute atomic E-state index is 12.2. The minimum Gasteiger partial charge on any atom is -0.299 e.